The maximum atomic E-state index is 14.3. The third kappa shape index (κ3) is 11.0. The standard InChI is InChI=1S/C46H59ClN4O15/c1-25-10-9-11-34(61-8)46(59)22-33(64-43(57)48-46)26(2)40-45(4,66-40)35(21-38(54)50(6)31-19-29(18-25)20-32(60-7)39(31)47)65-41(55)27(3)49(5)44(58)63-24-62-42(56)30-14-12-28(13-15-30)23-51-36(52)16-17-37(51)53/h9-11,16-17,19-20,26-28,30,33-35,40,59H,12-15,18,21-24H2,1-8H3,(H,48,57)/b11-9+,25-10+/t26-,27+,28?,30?,33+,34-,35+,40+,45+,46+/m1/s1. The van der Waals surface area contributed by atoms with E-state index in [1.54, 1.807) is 38.1 Å². The zero-order chi connectivity index (χ0) is 48.2. The molecule has 0 radical (unpaired) electrons. The highest BCUT2D eigenvalue weighted by Gasteiger charge is 2.64. The van der Waals surface area contributed by atoms with E-state index in [1.165, 1.54) is 57.2 Å². The van der Waals surface area contributed by atoms with Gasteiger partial charge in [0.25, 0.3) is 11.8 Å². The summed E-state index contributed by atoms with van der Waals surface area (Å²) in [7, 11) is 5.68. The molecule has 1 aromatic carbocycles. The van der Waals surface area contributed by atoms with Gasteiger partial charge in [-0.05, 0) is 76.5 Å². The van der Waals surface area contributed by atoms with Crippen molar-refractivity contribution >= 4 is 59.1 Å². The maximum Gasteiger partial charge on any atom is 0.413 e. The molecule has 0 aromatic heterocycles. The SMILES string of the molecule is COc1cc2cc(c1Cl)N(C)C(=O)C[C@H](OC(=O)[C@H](C)N(C)C(=O)OCOC(=O)C1CCC(CN3C(=O)C=CC3=O)CC1)[C@]1(C)O[C@H]1[C@H](C)[C@@H]1C[C@@](O)(NC(=O)O1)[C@H](OC)/C=C/C=C(\C)C2. The van der Waals surface area contributed by atoms with E-state index in [1.807, 2.05) is 13.0 Å². The number of carbonyl (C=O) groups is 7. The first-order valence-corrected chi connectivity index (χ1v) is 22.3. The lowest BCUT2D eigenvalue weighted by Gasteiger charge is -2.42. The minimum atomic E-state index is -1.89. The fraction of sp³-hybridized carbons (Fsp3) is 0.587. The fourth-order valence-electron chi connectivity index (χ4n) is 8.97. The topological polar surface area (TPSA) is 229 Å². The molecule has 4 heterocycles. The Balaban J connectivity index is 1.15. The molecule has 0 unspecified atom stereocenters. The largest absolute Gasteiger partial charge is 0.495 e. The number of likely N-dealkylation sites (N-methyl/N-ethyl adjacent to an activating group) is 1. The van der Waals surface area contributed by atoms with E-state index in [-0.39, 0.29) is 35.7 Å². The number of hydrogen-bond acceptors (Lipinski definition) is 15. The van der Waals surface area contributed by atoms with Gasteiger partial charge in [0.2, 0.25) is 12.7 Å². The first-order valence-electron chi connectivity index (χ1n) is 21.9. The van der Waals surface area contributed by atoms with Crippen LogP contribution in [0.5, 0.6) is 5.75 Å². The summed E-state index contributed by atoms with van der Waals surface area (Å²) in [6.45, 7) is 6.25. The molecule has 360 valence electrons. The van der Waals surface area contributed by atoms with Gasteiger partial charge in [-0.25, -0.2) is 14.4 Å². The van der Waals surface area contributed by atoms with Gasteiger partial charge in [-0.2, -0.15) is 0 Å². The van der Waals surface area contributed by atoms with Gasteiger partial charge in [-0.1, -0.05) is 42.3 Å². The molecule has 19 nitrogen and oxygen atoms in total. The number of amides is 5. The molecule has 4 aliphatic heterocycles. The molecule has 1 aromatic rings. The molecule has 1 aliphatic carbocycles. The normalized spacial score (nSPS) is 31.9. The average molecular weight is 943 g/mol. The van der Waals surface area contributed by atoms with Crippen LogP contribution in [0.25, 0.3) is 0 Å². The molecule has 8 atom stereocenters. The minimum absolute atomic E-state index is 0.0503. The molecular formula is C46H59ClN4O15. The van der Waals surface area contributed by atoms with Gasteiger partial charge in [0, 0.05) is 52.2 Å². The summed E-state index contributed by atoms with van der Waals surface area (Å²) in [5, 5.41) is 14.5. The van der Waals surface area contributed by atoms with E-state index in [0.29, 0.717) is 43.5 Å². The lowest BCUT2D eigenvalue weighted by Crippen LogP contribution is -2.63. The number of nitrogens with one attached hydrogen (secondary N) is 1. The minimum Gasteiger partial charge on any atom is -0.495 e. The molecule has 1 saturated carbocycles. The number of halogens is 1. The van der Waals surface area contributed by atoms with Gasteiger partial charge in [0.15, 0.2) is 5.72 Å². The number of carbonyl (C=O) groups excluding carboxylic acids is 7. The van der Waals surface area contributed by atoms with Crippen molar-refractivity contribution in [3.8, 4) is 5.75 Å². The lowest BCUT2D eigenvalue weighted by atomic mass is 9.82. The van der Waals surface area contributed by atoms with Crippen molar-refractivity contribution in [1.82, 2.24) is 15.1 Å². The zero-order valence-electron chi connectivity index (χ0n) is 38.4. The monoisotopic (exact) mass is 942 g/mol. The summed E-state index contributed by atoms with van der Waals surface area (Å²) in [4.78, 5) is 94.5. The Morgan fingerprint density at radius 3 is 2.39 bits per heavy atom. The molecule has 3 fully saturated rings. The number of imide groups is 1. The van der Waals surface area contributed by atoms with Crippen LogP contribution < -0.4 is 15.0 Å². The highest BCUT2D eigenvalue weighted by molar-refractivity contribution is 6.35. The molecule has 66 heavy (non-hydrogen) atoms. The van der Waals surface area contributed by atoms with E-state index in [2.05, 4.69) is 5.32 Å². The average Bonchev–Trinajstić information content (AvgIpc) is 3.89. The van der Waals surface area contributed by atoms with Crippen LogP contribution in [0.1, 0.15) is 71.8 Å². The van der Waals surface area contributed by atoms with Crippen LogP contribution in [0.2, 0.25) is 5.02 Å². The Morgan fingerprint density at radius 2 is 1.74 bits per heavy atom. The number of hydrogen-bond donors (Lipinski definition) is 2. The third-order valence-electron chi connectivity index (χ3n) is 13.3. The fourth-order valence-corrected chi connectivity index (χ4v) is 9.28. The summed E-state index contributed by atoms with van der Waals surface area (Å²) in [6, 6.07) is 2.23. The molecular weight excluding hydrogens is 884 g/mol. The Kier molecular flexibility index (Phi) is 15.6. The predicted octanol–water partition coefficient (Wildman–Crippen LogP) is 4.36. The molecule has 4 bridgehead atoms. The van der Waals surface area contributed by atoms with Crippen molar-refractivity contribution in [1.29, 1.82) is 0 Å². The quantitative estimate of drug-likeness (QED) is 0.109. The number of epoxide rings is 1. The van der Waals surface area contributed by atoms with Gasteiger partial charge in [0.1, 0.15) is 40.7 Å². The first kappa shape index (κ1) is 49.9. The summed E-state index contributed by atoms with van der Waals surface area (Å²) in [6.07, 6.45) is 3.84. The van der Waals surface area contributed by atoms with E-state index < -0.39 is 96.9 Å². The first-order chi connectivity index (χ1) is 31.2. The highest BCUT2D eigenvalue weighted by atomic mass is 35.5. The van der Waals surface area contributed by atoms with Crippen molar-refractivity contribution in [3.05, 3.63) is 58.7 Å². The zero-order valence-corrected chi connectivity index (χ0v) is 39.2. The molecule has 2 N–H and O–H groups in total. The number of anilines is 1. The lowest BCUT2D eigenvalue weighted by molar-refractivity contribution is -0.162. The molecule has 5 amide bonds. The summed E-state index contributed by atoms with van der Waals surface area (Å²) in [5.74, 6) is -3.40. The second kappa shape index (κ2) is 20.6. The van der Waals surface area contributed by atoms with Crippen molar-refractivity contribution in [2.75, 3.05) is 46.6 Å². The Hall–Kier alpha value is -5.50. The number of methoxy groups -OCH3 is 2. The second-order valence-electron chi connectivity index (χ2n) is 17.8. The maximum absolute atomic E-state index is 14.3. The number of benzene rings is 1. The number of nitrogens with zero attached hydrogens (tertiary/aromatic N) is 3. The number of rotatable bonds is 10. The van der Waals surface area contributed by atoms with E-state index in [9.17, 15) is 38.7 Å². The van der Waals surface area contributed by atoms with Gasteiger partial charge in [-0.3, -0.25) is 34.3 Å². The van der Waals surface area contributed by atoms with E-state index in [0.717, 1.165) is 16.0 Å². The summed E-state index contributed by atoms with van der Waals surface area (Å²) in [5.41, 5.74) is -1.24. The molecule has 2 saturated heterocycles. The molecule has 6 rings (SSSR count). The second-order valence-corrected chi connectivity index (χ2v) is 18.2. The van der Waals surface area contributed by atoms with Crippen LogP contribution in [-0.4, -0.2) is 140 Å². The Labute approximate surface area is 388 Å². The van der Waals surface area contributed by atoms with Crippen molar-refractivity contribution in [3.63, 3.8) is 0 Å². The van der Waals surface area contributed by atoms with Gasteiger partial charge in [-0.15, -0.1) is 0 Å². The number of aliphatic hydroxyl groups is 1. The van der Waals surface area contributed by atoms with Crippen LogP contribution in [0.15, 0.2) is 48.1 Å². The molecule has 0 spiro atoms. The van der Waals surface area contributed by atoms with Crippen molar-refractivity contribution in [2.45, 2.75) is 114 Å². The van der Waals surface area contributed by atoms with Crippen molar-refractivity contribution < 1.29 is 71.8 Å². The summed E-state index contributed by atoms with van der Waals surface area (Å²) >= 11 is 6.78. The molecule has 20 heteroatoms. The number of fused-ring (bicyclic) bond motifs is 5. The summed E-state index contributed by atoms with van der Waals surface area (Å²) < 4.78 is 39.6. The number of alkyl carbamates (subject to hydrolysis) is 1. The molecule has 5 aliphatic rings. The predicted molar refractivity (Wildman–Crippen MR) is 235 cm³/mol. The van der Waals surface area contributed by atoms with Crippen LogP contribution in [0.4, 0.5) is 15.3 Å². The highest BCUT2D eigenvalue weighted by Crippen LogP contribution is 2.49. The number of ether oxygens (including phenoxy) is 7. The van der Waals surface area contributed by atoms with E-state index >= 15 is 0 Å². The van der Waals surface area contributed by atoms with Gasteiger partial charge < -0.3 is 43.2 Å². The van der Waals surface area contributed by atoms with Crippen molar-refractivity contribution in [2.24, 2.45) is 17.8 Å². The third-order valence-corrected chi connectivity index (χ3v) is 13.7. The smallest absolute Gasteiger partial charge is 0.413 e. The number of allylic oxidation sites excluding steroid dienone is 3. The van der Waals surface area contributed by atoms with Gasteiger partial charge in [0.05, 0.1) is 31.2 Å². The Morgan fingerprint density at radius 1 is 1.06 bits per heavy atom. The van der Waals surface area contributed by atoms with Crippen LogP contribution >= 0.6 is 11.6 Å². The van der Waals surface area contributed by atoms with Gasteiger partial charge >= 0.3 is 24.1 Å². The van der Waals surface area contributed by atoms with E-state index in [4.69, 9.17) is 44.8 Å². The van der Waals surface area contributed by atoms with Crippen LogP contribution in [0, 0.1) is 17.8 Å². The van der Waals surface area contributed by atoms with Crippen LogP contribution in [-0.2, 0) is 58.8 Å². The number of esters is 2. The van der Waals surface area contributed by atoms with Crippen LogP contribution in [0.3, 0.4) is 0 Å². The Bertz CT molecular complexity index is 2150.